The first-order chi connectivity index (χ1) is 12.8. The Kier molecular flexibility index (Phi) is 5.75. The average Bonchev–Trinajstić information content (AvgIpc) is 3.17. The normalized spacial score (nSPS) is 13.4. The molecule has 1 aromatic heterocycles. The van der Waals surface area contributed by atoms with E-state index < -0.39 is 30.9 Å². The lowest BCUT2D eigenvalue weighted by Gasteiger charge is -2.17. The molecule has 0 aliphatic heterocycles. The van der Waals surface area contributed by atoms with Crippen LogP contribution < -0.4 is 4.72 Å². The van der Waals surface area contributed by atoms with Crippen molar-refractivity contribution in [1.29, 1.82) is 0 Å². The first-order valence-electron chi connectivity index (χ1n) is 7.88. The standard InChI is InChI=1S/C18H16FNO4S3/c19-14-8-10-15(11-9-14)26(21,22)18(17-7-4-12-25-17)13-20-27(23,24)16-5-2-1-3-6-16/h1-12,18,20H,13H2. The monoisotopic (exact) mass is 425 g/mol. The molecule has 0 spiro atoms. The Morgan fingerprint density at radius 2 is 1.52 bits per heavy atom. The molecule has 0 amide bonds. The molecule has 1 N–H and O–H groups in total. The molecule has 0 saturated heterocycles. The Morgan fingerprint density at radius 3 is 2.11 bits per heavy atom. The molecule has 1 atom stereocenters. The fourth-order valence-corrected chi connectivity index (χ4v) is 6.45. The molecule has 3 rings (SSSR count). The summed E-state index contributed by atoms with van der Waals surface area (Å²) in [6.45, 7) is -0.336. The third kappa shape index (κ3) is 4.44. The van der Waals surface area contributed by atoms with Crippen LogP contribution in [0.5, 0.6) is 0 Å². The zero-order chi connectivity index (χ0) is 19.5. The molecule has 0 saturated carbocycles. The smallest absolute Gasteiger partial charge is 0.223 e. The van der Waals surface area contributed by atoms with Gasteiger partial charge in [-0.25, -0.2) is 25.9 Å². The van der Waals surface area contributed by atoms with E-state index in [2.05, 4.69) is 4.72 Å². The van der Waals surface area contributed by atoms with E-state index in [-0.39, 0.29) is 16.3 Å². The molecule has 1 unspecified atom stereocenters. The van der Waals surface area contributed by atoms with Gasteiger partial charge < -0.3 is 0 Å². The summed E-state index contributed by atoms with van der Waals surface area (Å²) in [7, 11) is -7.79. The lowest BCUT2D eigenvalue weighted by atomic mass is 10.3. The molecule has 0 radical (unpaired) electrons. The summed E-state index contributed by atoms with van der Waals surface area (Å²) in [6.07, 6.45) is 0. The summed E-state index contributed by atoms with van der Waals surface area (Å²) in [6, 6.07) is 15.5. The van der Waals surface area contributed by atoms with Crippen molar-refractivity contribution in [3.05, 3.63) is 82.8 Å². The molecule has 0 aliphatic carbocycles. The summed E-state index contributed by atoms with van der Waals surface area (Å²) in [4.78, 5) is 0.477. The van der Waals surface area contributed by atoms with Crippen molar-refractivity contribution in [2.75, 3.05) is 6.54 Å². The van der Waals surface area contributed by atoms with Gasteiger partial charge in [-0.15, -0.1) is 11.3 Å². The number of halogens is 1. The van der Waals surface area contributed by atoms with Crippen LogP contribution in [0.4, 0.5) is 4.39 Å². The Morgan fingerprint density at radius 1 is 0.852 bits per heavy atom. The lowest BCUT2D eigenvalue weighted by Crippen LogP contribution is -2.31. The topological polar surface area (TPSA) is 80.3 Å². The van der Waals surface area contributed by atoms with E-state index in [0.717, 1.165) is 12.1 Å². The SMILES string of the molecule is O=S(=O)(NCC(c1cccs1)S(=O)(=O)c1ccc(F)cc1)c1ccccc1. The Hall–Kier alpha value is -2.07. The first kappa shape index (κ1) is 19.7. The van der Waals surface area contributed by atoms with Gasteiger partial charge in [-0.05, 0) is 47.8 Å². The zero-order valence-electron chi connectivity index (χ0n) is 13.9. The van der Waals surface area contributed by atoms with Gasteiger partial charge in [0.2, 0.25) is 10.0 Å². The third-order valence-electron chi connectivity index (χ3n) is 3.89. The summed E-state index contributed by atoms with van der Waals surface area (Å²) < 4.78 is 66.5. The Labute approximate surface area is 161 Å². The van der Waals surface area contributed by atoms with Gasteiger partial charge in [0, 0.05) is 11.4 Å². The van der Waals surface area contributed by atoms with Gasteiger partial charge in [0.05, 0.1) is 9.79 Å². The highest BCUT2D eigenvalue weighted by Crippen LogP contribution is 2.31. The van der Waals surface area contributed by atoms with E-state index >= 15 is 0 Å². The summed E-state index contributed by atoms with van der Waals surface area (Å²) in [5, 5.41) is 0.593. The van der Waals surface area contributed by atoms with E-state index in [9.17, 15) is 21.2 Å². The highest BCUT2D eigenvalue weighted by atomic mass is 32.2. The van der Waals surface area contributed by atoms with E-state index in [1.54, 1.807) is 35.7 Å². The fourth-order valence-electron chi connectivity index (χ4n) is 2.49. The van der Waals surface area contributed by atoms with Crippen LogP contribution in [0.2, 0.25) is 0 Å². The molecule has 9 heteroatoms. The van der Waals surface area contributed by atoms with Crippen molar-refractivity contribution >= 4 is 31.2 Å². The molecule has 3 aromatic rings. The molecule has 2 aromatic carbocycles. The molecule has 27 heavy (non-hydrogen) atoms. The van der Waals surface area contributed by atoms with Crippen LogP contribution in [0.1, 0.15) is 10.1 Å². The van der Waals surface area contributed by atoms with Crippen LogP contribution in [-0.4, -0.2) is 23.4 Å². The number of rotatable bonds is 7. The van der Waals surface area contributed by atoms with Crippen LogP contribution in [0.3, 0.4) is 0 Å². The van der Waals surface area contributed by atoms with Crippen molar-refractivity contribution in [3.63, 3.8) is 0 Å². The molecule has 5 nitrogen and oxygen atoms in total. The predicted molar refractivity (Wildman–Crippen MR) is 102 cm³/mol. The molecule has 0 aliphatic rings. The van der Waals surface area contributed by atoms with Crippen LogP contribution in [0.25, 0.3) is 0 Å². The number of sulfonamides is 1. The third-order valence-corrected chi connectivity index (χ3v) is 8.56. The van der Waals surface area contributed by atoms with Crippen molar-refractivity contribution in [2.24, 2.45) is 0 Å². The van der Waals surface area contributed by atoms with Gasteiger partial charge >= 0.3 is 0 Å². The number of nitrogens with one attached hydrogen (secondary N) is 1. The molecular weight excluding hydrogens is 409 g/mol. The van der Waals surface area contributed by atoms with Crippen molar-refractivity contribution in [1.82, 2.24) is 4.72 Å². The van der Waals surface area contributed by atoms with Gasteiger partial charge in [-0.2, -0.15) is 0 Å². The van der Waals surface area contributed by atoms with Gasteiger partial charge in [0.1, 0.15) is 11.1 Å². The van der Waals surface area contributed by atoms with Crippen molar-refractivity contribution in [3.8, 4) is 0 Å². The number of hydrogen-bond acceptors (Lipinski definition) is 5. The van der Waals surface area contributed by atoms with E-state index in [1.165, 1.54) is 35.6 Å². The highest BCUT2D eigenvalue weighted by Gasteiger charge is 2.31. The lowest BCUT2D eigenvalue weighted by molar-refractivity contribution is 0.569. The van der Waals surface area contributed by atoms with Crippen LogP contribution in [0.15, 0.2) is 81.9 Å². The van der Waals surface area contributed by atoms with Crippen LogP contribution >= 0.6 is 11.3 Å². The first-order valence-corrected chi connectivity index (χ1v) is 11.8. The predicted octanol–water partition coefficient (Wildman–Crippen LogP) is 3.38. The summed E-state index contributed by atoms with van der Waals surface area (Å²) in [5.41, 5.74) is 0. The number of thiophene rings is 1. The number of sulfone groups is 1. The summed E-state index contributed by atoms with van der Waals surface area (Å²) in [5.74, 6) is -0.550. The van der Waals surface area contributed by atoms with Crippen molar-refractivity contribution < 1.29 is 21.2 Å². The van der Waals surface area contributed by atoms with Crippen LogP contribution in [0, 0.1) is 5.82 Å². The van der Waals surface area contributed by atoms with Gasteiger partial charge in [-0.1, -0.05) is 24.3 Å². The minimum atomic E-state index is -3.93. The maximum atomic E-state index is 13.2. The summed E-state index contributed by atoms with van der Waals surface area (Å²) >= 11 is 1.21. The quantitative estimate of drug-likeness (QED) is 0.589. The van der Waals surface area contributed by atoms with E-state index in [4.69, 9.17) is 0 Å². The maximum absolute atomic E-state index is 13.2. The molecule has 1 heterocycles. The van der Waals surface area contributed by atoms with Crippen LogP contribution in [-0.2, 0) is 19.9 Å². The second kappa shape index (κ2) is 7.89. The minimum Gasteiger partial charge on any atom is -0.223 e. The number of hydrogen-bond donors (Lipinski definition) is 1. The molecular formula is C18H16FNO4S3. The second-order valence-corrected chi connectivity index (χ2v) is 10.5. The van der Waals surface area contributed by atoms with E-state index in [1.807, 2.05) is 0 Å². The molecule has 0 bridgehead atoms. The van der Waals surface area contributed by atoms with Gasteiger partial charge in [0.15, 0.2) is 9.84 Å². The van der Waals surface area contributed by atoms with Gasteiger partial charge in [0.25, 0.3) is 0 Å². The highest BCUT2D eigenvalue weighted by molar-refractivity contribution is 7.92. The van der Waals surface area contributed by atoms with Crippen molar-refractivity contribution in [2.45, 2.75) is 15.0 Å². The Bertz CT molecular complexity index is 1100. The zero-order valence-corrected chi connectivity index (χ0v) is 16.4. The largest absolute Gasteiger partial charge is 0.240 e. The molecule has 0 fully saturated rings. The van der Waals surface area contributed by atoms with Gasteiger partial charge in [-0.3, -0.25) is 0 Å². The molecule has 142 valence electrons. The maximum Gasteiger partial charge on any atom is 0.240 e. The second-order valence-electron chi connectivity index (χ2n) is 5.67. The van der Waals surface area contributed by atoms with E-state index in [0.29, 0.717) is 4.88 Å². The Balaban J connectivity index is 1.92. The minimum absolute atomic E-state index is 0.0501. The average molecular weight is 426 g/mol. The number of benzene rings is 2. The fraction of sp³-hybridized carbons (Fsp3) is 0.111.